The molecular weight excluding hydrogens is 228 g/mol. The maximum Gasteiger partial charge on any atom is 0.321 e. The van der Waals surface area contributed by atoms with Crippen molar-refractivity contribution in [2.75, 3.05) is 18.5 Å². The Balaban J connectivity index is 2.43. The summed E-state index contributed by atoms with van der Waals surface area (Å²) in [6.45, 7) is 2.44. The Hall–Kier alpha value is -1.42. The monoisotopic (exact) mass is 240 g/mol. The van der Waals surface area contributed by atoms with Crippen LogP contribution in [0.3, 0.4) is 0 Å². The van der Waals surface area contributed by atoms with Crippen molar-refractivity contribution in [2.24, 2.45) is 0 Å². The van der Waals surface area contributed by atoms with E-state index in [1.807, 2.05) is 6.92 Å². The van der Waals surface area contributed by atoms with Gasteiger partial charge in [0.1, 0.15) is 11.9 Å². The molecular formula is C11H13ClN2O2. The average molecular weight is 241 g/mol. The Labute approximate surface area is 99.1 Å². The normalized spacial score (nSPS) is 18.7. The van der Waals surface area contributed by atoms with Gasteiger partial charge in [0, 0.05) is 12.1 Å². The number of nitrogens with zero attached hydrogens (tertiary/aromatic N) is 1. The van der Waals surface area contributed by atoms with Gasteiger partial charge in [0.2, 0.25) is 0 Å². The van der Waals surface area contributed by atoms with E-state index in [1.54, 1.807) is 30.1 Å². The van der Waals surface area contributed by atoms with Gasteiger partial charge in [0.25, 0.3) is 0 Å². The number of amides is 2. The minimum Gasteiger partial charge on any atom is -0.487 e. The first-order valence-electron chi connectivity index (χ1n) is 5.07. The molecule has 0 radical (unpaired) electrons. The molecule has 0 bridgehead atoms. The highest BCUT2D eigenvalue weighted by atomic mass is 35.5. The van der Waals surface area contributed by atoms with Gasteiger partial charge in [-0.05, 0) is 25.1 Å². The van der Waals surface area contributed by atoms with Gasteiger partial charge in [-0.2, -0.15) is 0 Å². The van der Waals surface area contributed by atoms with E-state index in [0.29, 0.717) is 23.0 Å². The molecule has 0 aliphatic carbocycles. The molecule has 4 nitrogen and oxygen atoms in total. The van der Waals surface area contributed by atoms with Gasteiger partial charge in [-0.25, -0.2) is 4.79 Å². The minimum absolute atomic E-state index is 0.0222. The van der Waals surface area contributed by atoms with Gasteiger partial charge in [-0.15, -0.1) is 0 Å². The number of halogens is 1. The summed E-state index contributed by atoms with van der Waals surface area (Å²) < 4.78 is 5.63. The van der Waals surface area contributed by atoms with E-state index in [4.69, 9.17) is 16.3 Å². The average Bonchev–Trinajstić information content (AvgIpc) is 2.27. The molecule has 1 aromatic rings. The molecule has 0 saturated carbocycles. The van der Waals surface area contributed by atoms with Crippen LogP contribution in [-0.4, -0.2) is 25.7 Å². The molecule has 0 fully saturated rings. The van der Waals surface area contributed by atoms with Gasteiger partial charge < -0.3 is 10.1 Å². The van der Waals surface area contributed by atoms with Crippen LogP contribution in [0.4, 0.5) is 10.5 Å². The zero-order valence-electron chi connectivity index (χ0n) is 9.16. The van der Waals surface area contributed by atoms with Crippen molar-refractivity contribution in [3.05, 3.63) is 23.2 Å². The van der Waals surface area contributed by atoms with Crippen molar-refractivity contribution in [3.8, 4) is 5.75 Å². The smallest absolute Gasteiger partial charge is 0.321 e. The molecule has 1 heterocycles. The molecule has 0 unspecified atom stereocenters. The van der Waals surface area contributed by atoms with Crippen molar-refractivity contribution in [1.29, 1.82) is 0 Å². The summed E-state index contributed by atoms with van der Waals surface area (Å²) >= 11 is 5.91. The molecule has 1 atom stereocenters. The van der Waals surface area contributed by atoms with Crippen molar-refractivity contribution in [2.45, 2.75) is 13.0 Å². The zero-order valence-corrected chi connectivity index (χ0v) is 9.91. The fraction of sp³-hybridized carbons (Fsp3) is 0.364. The molecule has 1 aliphatic rings. The van der Waals surface area contributed by atoms with Crippen molar-refractivity contribution in [3.63, 3.8) is 0 Å². The first-order chi connectivity index (χ1) is 7.61. The molecule has 1 aromatic carbocycles. The number of carbonyl (C=O) groups is 1. The Morgan fingerprint density at radius 3 is 3.06 bits per heavy atom. The number of hydrogen-bond donors (Lipinski definition) is 1. The number of benzene rings is 1. The van der Waals surface area contributed by atoms with E-state index in [9.17, 15) is 4.79 Å². The molecule has 1 N–H and O–H groups in total. The molecule has 86 valence electrons. The van der Waals surface area contributed by atoms with Crippen LogP contribution in [0.15, 0.2) is 18.2 Å². The first-order valence-corrected chi connectivity index (χ1v) is 5.45. The molecule has 16 heavy (non-hydrogen) atoms. The summed E-state index contributed by atoms with van der Waals surface area (Å²) in [5.41, 5.74) is 0.713. The highest BCUT2D eigenvalue weighted by molar-refractivity contribution is 6.31. The SMILES string of the molecule is CNC(=O)N1C[C@H](C)Oc2ccc(Cl)cc21. The van der Waals surface area contributed by atoms with E-state index >= 15 is 0 Å². The van der Waals surface area contributed by atoms with Gasteiger partial charge in [0.05, 0.1) is 12.2 Å². The van der Waals surface area contributed by atoms with Crippen molar-refractivity contribution in [1.82, 2.24) is 5.32 Å². The van der Waals surface area contributed by atoms with E-state index < -0.39 is 0 Å². The van der Waals surface area contributed by atoms with Crippen LogP contribution in [-0.2, 0) is 0 Å². The molecule has 1 aliphatic heterocycles. The van der Waals surface area contributed by atoms with Crippen LogP contribution < -0.4 is 15.0 Å². The second kappa shape index (κ2) is 4.22. The summed E-state index contributed by atoms with van der Waals surface area (Å²) in [6.07, 6.45) is -0.0222. The van der Waals surface area contributed by atoms with Gasteiger partial charge in [-0.3, -0.25) is 4.90 Å². The number of carbonyl (C=O) groups excluding carboxylic acids is 1. The molecule has 0 aromatic heterocycles. The van der Waals surface area contributed by atoms with Crippen LogP contribution in [0.25, 0.3) is 0 Å². The van der Waals surface area contributed by atoms with Gasteiger partial charge in [-0.1, -0.05) is 11.6 Å². The van der Waals surface area contributed by atoms with E-state index in [2.05, 4.69) is 5.32 Å². The molecule has 0 spiro atoms. The maximum absolute atomic E-state index is 11.7. The van der Waals surface area contributed by atoms with E-state index in [-0.39, 0.29) is 12.1 Å². The standard InChI is InChI=1S/C11H13ClN2O2/c1-7-6-14(11(15)13-2)9-5-8(12)3-4-10(9)16-7/h3-5,7H,6H2,1-2H3,(H,13,15)/t7-/m0/s1. The number of urea groups is 1. The molecule has 5 heteroatoms. The number of anilines is 1. The minimum atomic E-state index is -0.154. The van der Waals surface area contributed by atoms with Gasteiger partial charge in [0.15, 0.2) is 0 Å². The predicted octanol–water partition coefficient (Wildman–Crippen LogP) is 2.27. The summed E-state index contributed by atoms with van der Waals surface area (Å²) in [4.78, 5) is 13.3. The molecule has 2 rings (SSSR count). The quantitative estimate of drug-likeness (QED) is 0.756. The molecule has 2 amide bonds. The fourth-order valence-corrected chi connectivity index (χ4v) is 1.90. The third kappa shape index (κ3) is 1.93. The number of rotatable bonds is 0. The van der Waals surface area contributed by atoms with Crippen LogP contribution in [0.2, 0.25) is 5.02 Å². The Morgan fingerprint density at radius 2 is 2.38 bits per heavy atom. The van der Waals surface area contributed by atoms with Crippen molar-refractivity contribution >= 4 is 23.3 Å². The highest BCUT2D eigenvalue weighted by Crippen LogP contribution is 2.35. The third-order valence-electron chi connectivity index (χ3n) is 2.44. The van der Waals surface area contributed by atoms with Crippen LogP contribution in [0.1, 0.15) is 6.92 Å². The Morgan fingerprint density at radius 1 is 1.62 bits per heavy atom. The summed E-state index contributed by atoms with van der Waals surface area (Å²) in [7, 11) is 1.60. The van der Waals surface area contributed by atoms with Crippen LogP contribution >= 0.6 is 11.6 Å². The van der Waals surface area contributed by atoms with E-state index in [1.165, 1.54) is 0 Å². The number of ether oxygens (including phenoxy) is 1. The highest BCUT2D eigenvalue weighted by Gasteiger charge is 2.27. The van der Waals surface area contributed by atoms with Gasteiger partial charge >= 0.3 is 6.03 Å². The van der Waals surface area contributed by atoms with Crippen molar-refractivity contribution < 1.29 is 9.53 Å². The third-order valence-corrected chi connectivity index (χ3v) is 2.67. The number of fused-ring (bicyclic) bond motifs is 1. The Bertz CT molecular complexity index is 422. The summed E-state index contributed by atoms with van der Waals surface area (Å²) in [5, 5.41) is 3.19. The summed E-state index contributed by atoms with van der Waals surface area (Å²) in [6, 6.07) is 5.11. The topological polar surface area (TPSA) is 41.6 Å². The lowest BCUT2D eigenvalue weighted by Crippen LogP contribution is -2.46. The Kier molecular flexibility index (Phi) is 2.92. The lowest BCUT2D eigenvalue weighted by molar-refractivity contribution is 0.206. The second-order valence-corrected chi connectivity index (χ2v) is 4.14. The van der Waals surface area contributed by atoms with Crippen LogP contribution in [0, 0.1) is 0 Å². The maximum atomic E-state index is 11.7. The molecule has 0 saturated heterocycles. The second-order valence-electron chi connectivity index (χ2n) is 3.71. The largest absolute Gasteiger partial charge is 0.487 e. The first kappa shape index (κ1) is 11.1. The lowest BCUT2D eigenvalue weighted by atomic mass is 10.2. The number of nitrogens with one attached hydrogen (secondary N) is 1. The van der Waals surface area contributed by atoms with Crippen LogP contribution in [0.5, 0.6) is 5.75 Å². The van der Waals surface area contributed by atoms with E-state index in [0.717, 1.165) is 0 Å². The predicted molar refractivity (Wildman–Crippen MR) is 63.3 cm³/mol. The lowest BCUT2D eigenvalue weighted by Gasteiger charge is -2.33. The summed E-state index contributed by atoms with van der Waals surface area (Å²) in [5.74, 6) is 0.687. The zero-order chi connectivity index (χ0) is 11.7. The number of hydrogen-bond acceptors (Lipinski definition) is 2. The fourth-order valence-electron chi connectivity index (χ4n) is 1.74.